The van der Waals surface area contributed by atoms with Crippen molar-refractivity contribution in [3.8, 4) is 0 Å². The maximum atomic E-state index is 12.6. The first-order chi connectivity index (χ1) is 11.7. The van der Waals surface area contributed by atoms with Crippen LogP contribution in [0.2, 0.25) is 5.02 Å². The van der Waals surface area contributed by atoms with Crippen LogP contribution in [-0.4, -0.2) is 45.2 Å². The van der Waals surface area contributed by atoms with Crippen molar-refractivity contribution in [1.82, 2.24) is 25.0 Å². The second-order valence-electron chi connectivity index (χ2n) is 6.38. The maximum absolute atomic E-state index is 12.6. The molecule has 6 nitrogen and oxygen atoms in total. The number of rotatable bonds is 2. The van der Waals surface area contributed by atoms with Crippen molar-refractivity contribution >= 4 is 17.5 Å². The van der Waals surface area contributed by atoms with Crippen molar-refractivity contribution in [2.75, 3.05) is 19.6 Å². The molecule has 0 unspecified atom stereocenters. The van der Waals surface area contributed by atoms with E-state index in [1.807, 2.05) is 4.90 Å². The molecule has 1 N–H and O–H groups in total. The normalized spacial score (nSPS) is 18.5. The summed E-state index contributed by atoms with van der Waals surface area (Å²) in [6, 6.07) is 7.10. The molecule has 0 bridgehead atoms. The highest BCUT2D eigenvalue weighted by Crippen LogP contribution is 2.28. The van der Waals surface area contributed by atoms with Gasteiger partial charge in [-0.1, -0.05) is 11.6 Å². The first-order valence-corrected chi connectivity index (χ1v) is 8.77. The minimum absolute atomic E-state index is 0.0811. The number of benzene rings is 1. The van der Waals surface area contributed by atoms with Gasteiger partial charge in [0.2, 0.25) is 0 Å². The Morgan fingerprint density at radius 3 is 2.62 bits per heavy atom. The highest BCUT2D eigenvalue weighted by atomic mass is 35.5. The molecule has 2 aliphatic heterocycles. The fourth-order valence-corrected chi connectivity index (χ4v) is 3.66. The maximum Gasteiger partial charge on any atom is 0.253 e. The molecule has 1 aromatic heterocycles. The minimum atomic E-state index is 0.0811. The molecule has 0 atom stereocenters. The predicted molar refractivity (Wildman–Crippen MR) is 91.1 cm³/mol. The van der Waals surface area contributed by atoms with Crippen molar-refractivity contribution in [2.24, 2.45) is 0 Å². The fourth-order valence-electron chi connectivity index (χ4n) is 3.53. The lowest BCUT2D eigenvalue weighted by atomic mass is 9.95. The predicted octanol–water partition coefficient (Wildman–Crippen LogP) is 2.05. The van der Waals surface area contributed by atoms with Crippen molar-refractivity contribution in [2.45, 2.75) is 31.8 Å². The molecule has 2 aliphatic rings. The zero-order valence-corrected chi connectivity index (χ0v) is 14.2. The second-order valence-corrected chi connectivity index (χ2v) is 6.81. The summed E-state index contributed by atoms with van der Waals surface area (Å²) in [6.45, 7) is 4.20. The minimum Gasteiger partial charge on any atom is -0.339 e. The monoisotopic (exact) mass is 345 g/mol. The average Bonchev–Trinajstić information content (AvgIpc) is 3.06. The Morgan fingerprint density at radius 2 is 1.88 bits per heavy atom. The van der Waals surface area contributed by atoms with Gasteiger partial charge in [-0.25, -0.2) is 0 Å². The third-order valence-electron chi connectivity index (χ3n) is 4.89. The van der Waals surface area contributed by atoms with E-state index < -0.39 is 0 Å². The molecule has 1 amide bonds. The standard InChI is InChI=1S/C17H20ClN5O/c18-14-3-1-13(2-4-14)17(24)22-8-5-12(6-9-22)16-21-20-15-11-19-7-10-23(15)16/h1-4,12,19H,5-11H2. The van der Waals surface area contributed by atoms with Crippen LogP contribution in [0.1, 0.15) is 40.8 Å². The molecule has 0 radical (unpaired) electrons. The Morgan fingerprint density at radius 1 is 1.12 bits per heavy atom. The fraction of sp³-hybridized carbons (Fsp3) is 0.471. The van der Waals surface area contributed by atoms with Crippen LogP contribution in [0.15, 0.2) is 24.3 Å². The summed E-state index contributed by atoms with van der Waals surface area (Å²) in [5, 5.41) is 12.7. The molecular weight excluding hydrogens is 326 g/mol. The Balaban J connectivity index is 1.42. The van der Waals surface area contributed by atoms with Crippen LogP contribution in [0.4, 0.5) is 0 Å². The molecule has 4 rings (SSSR count). The van der Waals surface area contributed by atoms with Gasteiger partial charge in [0.15, 0.2) is 0 Å². The lowest BCUT2D eigenvalue weighted by Gasteiger charge is -2.32. The molecule has 126 valence electrons. The van der Waals surface area contributed by atoms with Crippen LogP contribution in [0.25, 0.3) is 0 Å². The summed E-state index contributed by atoms with van der Waals surface area (Å²) in [5.74, 6) is 2.58. The highest BCUT2D eigenvalue weighted by Gasteiger charge is 2.29. The molecule has 0 aliphatic carbocycles. The molecule has 0 saturated carbocycles. The van der Waals surface area contributed by atoms with Gasteiger partial charge in [0, 0.05) is 42.7 Å². The number of likely N-dealkylation sites (tertiary alicyclic amines) is 1. The molecule has 1 aromatic carbocycles. The Bertz CT molecular complexity index is 734. The first kappa shape index (κ1) is 15.6. The topological polar surface area (TPSA) is 63.1 Å². The second kappa shape index (κ2) is 6.53. The SMILES string of the molecule is O=C(c1ccc(Cl)cc1)N1CCC(c2nnc3n2CCNC3)CC1. The summed E-state index contributed by atoms with van der Waals surface area (Å²) in [5.41, 5.74) is 0.698. The van der Waals surface area contributed by atoms with E-state index in [1.165, 1.54) is 0 Å². The molecular formula is C17H20ClN5O. The molecule has 1 fully saturated rings. The van der Waals surface area contributed by atoms with E-state index in [4.69, 9.17) is 11.6 Å². The Labute approximate surface area is 145 Å². The summed E-state index contributed by atoms with van der Waals surface area (Å²) in [4.78, 5) is 14.5. The van der Waals surface area contributed by atoms with Crippen molar-refractivity contribution < 1.29 is 4.79 Å². The molecule has 7 heteroatoms. The Kier molecular flexibility index (Phi) is 4.24. The number of piperidine rings is 1. The smallest absolute Gasteiger partial charge is 0.253 e. The number of carbonyl (C=O) groups excluding carboxylic acids is 1. The number of nitrogens with zero attached hydrogens (tertiary/aromatic N) is 4. The lowest BCUT2D eigenvalue weighted by Crippen LogP contribution is -2.38. The van der Waals surface area contributed by atoms with Crippen molar-refractivity contribution in [3.63, 3.8) is 0 Å². The first-order valence-electron chi connectivity index (χ1n) is 8.40. The number of hydrogen-bond donors (Lipinski definition) is 1. The van der Waals surface area contributed by atoms with Crippen molar-refractivity contribution in [1.29, 1.82) is 0 Å². The van der Waals surface area contributed by atoms with Gasteiger partial charge in [0.1, 0.15) is 11.6 Å². The van der Waals surface area contributed by atoms with Gasteiger partial charge in [-0.15, -0.1) is 10.2 Å². The molecule has 3 heterocycles. The highest BCUT2D eigenvalue weighted by molar-refractivity contribution is 6.30. The van der Waals surface area contributed by atoms with Crippen LogP contribution in [0.3, 0.4) is 0 Å². The number of aromatic nitrogens is 3. The van der Waals surface area contributed by atoms with Crippen LogP contribution < -0.4 is 5.32 Å². The number of amides is 1. The largest absolute Gasteiger partial charge is 0.339 e. The van der Waals surface area contributed by atoms with Gasteiger partial charge in [-0.05, 0) is 37.1 Å². The Hall–Kier alpha value is -1.92. The van der Waals surface area contributed by atoms with Crippen LogP contribution in [0.5, 0.6) is 0 Å². The van der Waals surface area contributed by atoms with E-state index in [2.05, 4.69) is 20.1 Å². The number of halogens is 1. The van der Waals surface area contributed by atoms with Gasteiger partial charge >= 0.3 is 0 Å². The van der Waals surface area contributed by atoms with Gasteiger partial charge in [-0.2, -0.15) is 0 Å². The number of hydrogen-bond acceptors (Lipinski definition) is 4. The van der Waals surface area contributed by atoms with Gasteiger partial charge in [0.05, 0.1) is 6.54 Å². The quantitative estimate of drug-likeness (QED) is 0.905. The number of carbonyl (C=O) groups is 1. The summed E-state index contributed by atoms with van der Waals surface area (Å²) in [6.07, 6.45) is 1.87. The summed E-state index contributed by atoms with van der Waals surface area (Å²) in [7, 11) is 0. The average molecular weight is 346 g/mol. The van der Waals surface area contributed by atoms with Crippen LogP contribution >= 0.6 is 11.6 Å². The zero-order valence-electron chi connectivity index (χ0n) is 13.4. The van der Waals surface area contributed by atoms with E-state index in [0.717, 1.165) is 57.2 Å². The van der Waals surface area contributed by atoms with Gasteiger partial charge < -0.3 is 14.8 Å². The molecule has 24 heavy (non-hydrogen) atoms. The van der Waals surface area contributed by atoms with Crippen LogP contribution in [0, 0.1) is 0 Å². The summed E-state index contributed by atoms with van der Waals surface area (Å²) < 4.78 is 2.25. The molecule has 1 saturated heterocycles. The van der Waals surface area contributed by atoms with E-state index in [0.29, 0.717) is 16.5 Å². The third-order valence-corrected chi connectivity index (χ3v) is 5.14. The zero-order chi connectivity index (χ0) is 16.5. The summed E-state index contributed by atoms with van der Waals surface area (Å²) >= 11 is 5.89. The van der Waals surface area contributed by atoms with Gasteiger partial charge in [0.25, 0.3) is 5.91 Å². The molecule has 2 aromatic rings. The number of fused-ring (bicyclic) bond motifs is 1. The molecule has 0 spiro atoms. The van der Waals surface area contributed by atoms with E-state index in [1.54, 1.807) is 24.3 Å². The van der Waals surface area contributed by atoms with Gasteiger partial charge in [-0.3, -0.25) is 4.79 Å². The van der Waals surface area contributed by atoms with E-state index >= 15 is 0 Å². The number of nitrogens with one attached hydrogen (secondary N) is 1. The third kappa shape index (κ3) is 2.91. The van der Waals surface area contributed by atoms with Crippen molar-refractivity contribution in [3.05, 3.63) is 46.5 Å². The lowest BCUT2D eigenvalue weighted by molar-refractivity contribution is 0.0710. The van der Waals surface area contributed by atoms with E-state index in [9.17, 15) is 4.79 Å². The van der Waals surface area contributed by atoms with E-state index in [-0.39, 0.29) is 5.91 Å². The van der Waals surface area contributed by atoms with Crippen LogP contribution in [-0.2, 0) is 13.1 Å².